The molecule has 0 spiro atoms. The molecule has 0 bridgehead atoms. The minimum absolute atomic E-state index is 0.0843. The number of nitriles is 1. The number of benzene rings is 1. The summed E-state index contributed by atoms with van der Waals surface area (Å²) in [6.45, 7) is 1.54. The van der Waals surface area contributed by atoms with Gasteiger partial charge in [-0.15, -0.1) is 0 Å². The first kappa shape index (κ1) is 16.9. The molecule has 1 rings (SSSR count). The van der Waals surface area contributed by atoms with Crippen LogP contribution in [0.2, 0.25) is 0 Å². The molecule has 0 atom stereocenters. The van der Waals surface area contributed by atoms with Crippen LogP contribution < -0.4 is 11.1 Å². The lowest BCUT2D eigenvalue weighted by Crippen LogP contribution is -2.36. The van der Waals surface area contributed by atoms with Crippen LogP contribution in [-0.2, 0) is 9.53 Å². The number of nitrogens with one attached hydrogen (secondary N) is 1. The molecule has 0 saturated carbocycles. The lowest BCUT2D eigenvalue weighted by Gasteiger charge is -2.20. The fourth-order valence-electron chi connectivity index (χ4n) is 1.73. The van der Waals surface area contributed by atoms with Crippen molar-refractivity contribution in [1.29, 1.82) is 5.26 Å². The molecule has 0 aliphatic heterocycles. The van der Waals surface area contributed by atoms with E-state index in [4.69, 9.17) is 15.7 Å². The number of nitrogen functional groups attached to an aromatic ring is 1. The first-order valence-corrected chi connectivity index (χ1v) is 6.50. The molecular weight excluding hydrogens is 275 g/mol. The molecule has 0 radical (unpaired) electrons. The number of anilines is 2. The van der Waals surface area contributed by atoms with Gasteiger partial charge in [0.05, 0.1) is 30.6 Å². The predicted octanol–water partition coefficient (Wildman–Crippen LogP) is 1.21. The van der Waals surface area contributed by atoms with Crippen LogP contribution in [0, 0.1) is 17.1 Å². The van der Waals surface area contributed by atoms with Gasteiger partial charge in [0.25, 0.3) is 0 Å². The van der Waals surface area contributed by atoms with E-state index in [-0.39, 0.29) is 18.1 Å². The molecule has 114 valence electrons. The van der Waals surface area contributed by atoms with E-state index in [1.807, 2.05) is 6.07 Å². The number of methoxy groups -OCH3 is 1. The summed E-state index contributed by atoms with van der Waals surface area (Å²) in [7, 11) is 1.57. The molecule has 0 aliphatic carbocycles. The van der Waals surface area contributed by atoms with Gasteiger partial charge in [-0.2, -0.15) is 5.26 Å². The van der Waals surface area contributed by atoms with Crippen molar-refractivity contribution in [2.45, 2.75) is 6.42 Å². The lowest BCUT2D eigenvalue weighted by molar-refractivity contribution is -0.117. The Balaban J connectivity index is 2.60. The summed E-state index contributed by atoms with van der Waals surface area (Å²) in [6.07, 6.45) is 0.319. The number of nitrogens with two attached hydrogens (primary N) is 1. The summed E-state index contributed by atoms with van der Waals surface area (Å²) in [4.78, 5) is 13.7. The smallest absolute Gasteiger partial charge is 0.238 e. The van der Waals surface area contributed by atoms with Gasteiger partial charge < -0.3 is 15.8 Å². The second-order valence-electron chi connectivity index (χ2n) is 4.46. The third kappa shape index (κ3) is 6.21. The number of carbonyl (C=O) groups is 1. The Morgan fingerprint density at radius 1 is 1.52 bits per heavy atom. The molecule has 1 aromatic carbocycles. The number of halogens is 1. The van der Waals surface area contributed by atoms with Crippen LogP contribution in [0.5, 0.6) is 0 Å². The van der Waals surface area contributed by atoms with E-state index in [1.165, 1.54) is 18.2 Å². The number of amides is 1. The first-order valence-electron chi connectivity index (χ1n) is 6.50. The Morgan fingerprint density at radius 2 is 2.29 bits per heavy atom. The number of hydrogen-bond donors (Lipinski definition) is 2. The molecule has 0 fully saturated rings. The van der Waals surface area contributed by atoms with Crippen molar-refractivity contribution in [3.05, 3.63) is 24.0 Å². The van der Waals surface area contributed by atoms with Crippen LogP contribution in [0.1, 0.15) is 6.42 Å². The summed E-state index contributed by atoms with van der Waals surface area (Å²) in [5, 5.41) is 11.2. The van der Waals surface area contributed by atoms with Crippen molar-refractivity contribution in [3.8, 4) is 6.07 Å². The fraction of sp³-hybridized carbons (Fsp3) is 0.429. The summed E-state index contributed by atoms with van der Waals surface area (Å²) < 4.78 is 18.1. The van der Waals surface area contributed by atoms with Gasteiger partial charge in [0.2, 0.25) is 5.91 Å². The quantitative estimate of drug-likeness (QED) is 0.703. The molecule has 3 N–H and O–H groups in total. The lowest BCUT2D eigenvalue weighted by atomic mass is 10.2. The average molecular weight is 294 g/mol. The number of rotatable bonds is 8. The van der Waals surface area contributed by atoms with E-state index in [2.05, 4.69) is 5.32 Å². The zero-order valence-corrected chi connectivity index (χ0v) is 11.9. The van der Waals surface area contributed by atoms with Gasteiger partial charge in [0, 0.05) is 26.6 Å². The highest BCUT2D eigenvalue weighted by Crippen LogP contribution is 2.19. The molecule has 6 nitrogen and oxygen atoms in total. The van der Waals surface area contributed by atoms with Gasteiger partial charge in [-0.05, 0) is 18.2 Å². The Kier molecular flexibility index (Phi) is 7.15. The molecule has 0 heterocycles. The van der Waals surface area contributed by atoms with Crippen molar-refractivity contribution >= 4 is 17.3 Å². The van der Waals surface area contributed by atoms with Gasteiger partial charge in [-0.1, -0.05) is 0 Å². The molecule has 1 aromatic rings. The predicted molar refractivity (Wildman–Crippen MR) is 78.0 cm³/mol. The Labute approximate surface area is 123 Å². The van der Waals surface area contributed by atoms with Gasteiger partial charge in [-0.3, -0.25) is 9.69 Å². The van der Waals surface area contributed by atoms with Crippen molar-refractivity contribution in [2.75, 3.05) is 44.4 Å². The number of nitrogens with zero attached hydrogens (tertiary/aromatic N) is 2. The fourth-order valence-corrected chi connectivity index (χ4v) is 1.73. The van der Waals surface area contributed by atoms with E-state index < -0.39 is 5.82 Å². The van der Waals surface area contributed by atoms with E-state index in [0.717, 1.165) is 0 Å². The normalized spacial score (nSPS) is 10.4. The zero-order valence-electron chi connectivity index (χ0n) is 11.9. The van der Waals surface area contributed by atoms with E-state index in [0.29, 0.717) is 31.8 Å². The second kappa shape index (κ2) is 8.89. The molecule has 0 aliphatic rings. The average Bonchev–Trinajstić information content (AvgIpc) is 2.45. The minimum atomic E-state index is -0.472. The number of carbonyl (C=O) groups excluding carboxylic acids is 1. The SMILES string of the molecule is COCCN(CCC#N)CC(=O)Nc1cc(F)ccc1N. The van der Waals surface area contributed by atoms with Crippen molar-refractivity contribution < 1.29 is 13.9 Å². The maximum Gasteiger partial charge on any atom is 0.238 e. The van der Waals surface area contributed by atoms with E-state index >= 15 is 0 Å². The molecule has 0 saturated heterocycles. The summed E-state index contributed by atoms with van der Waals surface area (Å²) in [5.41, 5.74) is 6.21. The van der Waals surface area contributed by atoms with Crippen LogP contribution in [0.3, 0.4) is 0 Å². The largest absolute Gasteiger partial charge is 0.397 e. The highest BCUT2D eigenvalue weighted by atomic mass is 19.1. The Bertz CT molecular complexity index is 516. The van der Waals surface area contributed by atoms with E-state index in [9.17, 15) is 9.18 Å². The summed E-state index contributed by atoms with van der Waals surface area (Å²) in [6, 6.07) is 5.82. The maximum atomic E-state index is 13.1. The molecule has 7 heteroatoms. The molecule has 1 amide bonds. The number of ether oxygens (including phenoxy) is 1. The van der Waals surface area contributed by atoms with Gasteiger partial charge in [0.1, 0.15) is 5.82 Å². The summed E-state index contributed by atoms with van der Waals surface area (Å²) >= 11 is 0. The Hall–Kier alpha value is -2.17. The van der Waals surface area contributed by atoms with Crippen LogP contribution >= 0.6 is 0 Å². The highest BCUT2D eigenvalue weighted by Gasteiger charge is 2.12. The Morgan fingerprint density at radius 3 is 2.95 bits per heavy atom. The van der Waals surface area contributed by atoms with Gasteiger partial charge in [0.15, 0.2) is 0 Å². The van der Waals surface area contributed by atoms with Crippen LogP contribution in [0.25, 0.3) is 0 Å². The van der Waals surface area contributed by atoms with Crippen molar-refractivity contribution in [3.63, 3.8) is 0 Å². The maximum absolute atomic E-state index is 13.1. The number of hydrogen-bond acceptors (Lipinski definition) is 5. The highest BCUT2D eigenvalue weighted by molar-refractivity contribution is 5.95. The van der Waals surface area contributed by atoms with Gasteiger partial charge >= 0.3 is 0 Å². The van der Waals surface area contributed by atoms with Crippen LogP contribution in [-0.4, -0.2) is 44.2 Å². The van der Waals surface area contributed by atoms with Crippen LogP contribution in [0.15, 0.2) is 18.2 Å². The third-order valence-corrected chi connectivity index (χ3v) is 2.81. The molecular formula is C14H19FN4O2. The van der Waals surface area contributed by atoms with Crippen LogP contribution in [0.4, 0.5) is 15.8 Å². The molecule has 0 aromatic heterocycles. The zero-order chi connectivity index (χ0) is 15.7. The van der Waals surface area contributed by atoms with Gasteiger partial charge in [-0.25, -0.2) is 4.39 Å². The topological polar surface area (TPSA) is 91.4 Å². The summed E-state index contributed by atoms with van der Waals surface area (Å²) in [5.74, 6) is -0.790. The molecule has 0 unspecified atom stereocenters. The second-order valence-corrected chi connectivity index (χ2v) is 4.46. The minimum Gasteiger partial charge on any atom is -0.397 e. The molecule has 21 heavy (non-hydrogen) atoms. The third-order valence-electron chi connectivity index (χ3n) is 2.81. The van der Waals surface area contributed by atoms with E-state index in [1.54, 1.807) is 12.0 Å². The first-order chi connectivity index (χ1) is 10.1. The standard InChI is InChI=1S/C14H19FN4O2/c1-21-8-7-19(6-2-5-16)10-14(20)18-13-9-11(15)3-4-12(13)17/h3-4,9H,2,6-8,10,17H2,1H3,(H,18,20). The van der Waals surface area contributed by atoms with Crippen molar-refractivity contribution in [1.82, 2.24) is 4.90 Å². The monoisotopic (exact) mass is 294 g/mol. The van der Waals surface area contributed by atoms with Crippen molar-refractivity contribution in [2.24, 2.45) is 0 Å².